The summed E-state index contributed by atoms with van der Waals surface area (Å²) in [5.41, 5.74) is 1.38. The maximum Gasteiger partial charge on any atom is 0.341 e. The number of aromatic hydroxyl groups is 1. The number of carboxylic acid groups (broad SMARTS) is 1. The predicted molar refractivity (Wildman–Crippen MR) is 128 cm³/mol. The van der Waals surface area contributed by atoms with Gasteiger partial charge in [0.15, 0.2) is 23.5 Å². The first-order chi connectivity index (χ1) is 17.4. The Hall–Kier alpha value is -4.79. The number of carbonyl (C=O) groups is 2. The highest BCUT2D eigenvalue weighted by atomic mass is 16.5. The Balaban J connectivity index is 1.71. The van der Waals surface area contributed by atoms with Crippen LogP contribution in [0.25, 0.3) is 22.3 Å². The fourth-order valence-electron chi connectivity index (χ4n) is 4.35. The van der Waals surface area contributed by atoms with Gasteiger partial charge >= 0.3 is 11.9 Å². The number of fused-ring (bicyclic) bond motifs is 3. The van der Waals surface area contributed by atoms with Crippen LogP contribution in [0.15, 0.2) is 69.9 Å². The summed E-state index contributed by atoms with van der Waals surface area (Å²) in [7, 11) is 1.41. The number of hydrogen-bond acceptors (Lipinski definition) is 8. The van der Waals surface area contributed by atoms with Crippen molar-refractivity contribution in [2.45, 2.75) is 12.3 Å². The molecular weight excluding hydrogens is 468 g/mol. The molecule has 2 N–H and O–H groups in total. The minimum Gasteiger partial charge on any atom is -0.507 e. The van der Waals surface area contributed by atoms with Crippen LogP contribution >= 0.6 is 0 Å². The molecule has 36 heavy (non-hydrogen) atoms. The highest BCUT2D eigenvalue weighted by molar-refractivity contribution is 5.93. The van der Waals surface area contributed by atoms with E-state index in [1.165, 1.54) is 19.2 Å². The van der Waals surface area contributed by atoms with Crippen molar-refractivity contribution in [3.8, 4) is 34.3 Å². The smallest absolute Gasteiger partial charge is 0.341 e. The van der Waals surface area contributed by atoms with Gasteiger partial charge < -0.3 is 28.8 Å². The number of esters is 1. The van der Waals surface area contributed by atoms with Gasteiger partial charge in [-0.1, -0.05) is 36.4 Å². The number of benzene rings is 3. The van der Waals surface area contributed by atoms with Crippen LogP contribution in [0.3, 0.4) is 0 Å². The second-order valence-corrected chi connectivity index (χ2v) is 8.18. The van der Waals surface area contributed by atoms with Gasteiger partial charge in [-0.25, -0.2) is 4.79 Å². The zero-order valence-corrected chi connectivity index (χ0v) is 19.0. The molecule has 0 bridgehead atoms. The lowest BCUT2D eigenvalue weighted by Crippen LogP contribution is -2.22. The quantitative estimate of drug-likeness (QED) is 0.304. The Morgan fingerprint density at radius 2 is 1.83 bits per heavy atom. The first kappa shape index (κ1) is 23.0. The standard InChI is InChI=1S/C27H20O9/c1-33-21-9-15(7-8-19(21)34-13-23(30)31)16-10-24(32)35-22-12-18(29)26-17(28)11-20(36-27(26)25(16)22)14-5-3-2-4-6-14/h2-9,11-12,16,29H,10,13H2,1H3,(H,30,31)/t16-/m0/s1. The summed E-state index contributed by atoms with van der Waals surface area (Å²) in [6, 6.07) is 16.4. The van der Waals surface area contributed by atoms with E-state index in [1.807, 2.05) is 18.2 Å². The highest BCUT2D eigenvalue weighted by Crippen LogP contribution is 2.47. The fraction of sp³-hybridized carbons (Fsp3) is 0.148. The van der Waals surface area contributed by atoms with Gasteiger partial charge in [-0.05, 0) is 17.7 Å². The van der Waals surface area contributed by atoms with E-state index < -0.39 is 29.9 Å². The van der Waals surface area contributed by atoms with Crippen molar-refractivity contribution in [1.29, 1.82) is 0 Å². The average molecular weight is 488 g/mol. The van der Waals surface area contributed by atoms with Crippen LogP contribution in [0.1, 0.15) is 23.5 Å². The van der Waals surface area contributed by atoms with Gasteiger partial charge in [0.25, 0.3) is 0 Å². The molecule has 1 aromatic heterocycles. The van der Waals surface area contributed by atoms with E-state index in [2.05, 4.69) is 0 Å². The van der Waals surface area contributed by atoms with Crippen LogP contribution < -0.4 is 19.6 Å². The number of phenols is 1. The summed E-state index contributed by atoms with van der Waals surface area (Å²) in [4.78, 5) is 36.4. The van der Waals surface area contributed by atoms with Crippen molar-refractivity contribution in [2.24, 2.45) is 0 Å². The van der Waals surface area contributed by atoms with E-state index in [1.54, 1.807) is 30.3 Å². The molecule has 3 aromatic carbocycles. The minimum absolute atomic E-state index is 0.0234. The van der Waals surface area contributed by atoms with Crippen molar-refractivity contribution in [3.05, 3.63) is 82.0 Å². The lowest BCUT2D eigenvalue weighted by Gasteiger charge is -2.26. The van der Waals surface area contributed by atoms with Crippen LogP contribution in [0.4, 0.5) is 0 Å². The molecule has 9 nitrogen and oxygen atoms in total. The summed E-state index contributed by atoms with van der Waals surface area (Å²) in [5, 5.41) is 19.5. The van der Waals surface area contributed by atoms with Crippen molar-refractivity contribution in [3.63, 3.8) is 0 Å². The first-order valence-corrected chi connectivity index (χ1v) is 11.0. The number of methoxy groups -OCH3 is 1. The van der Waals surface area contributed by atoms with Crippen molar-refractivity contribution in [2.75, 3.05) is 13.7 Å². The van der Waals surface area contributed by atoms with Crippen LogP contribution in [0, 0.1) is 0 Å². The van der Waals surface area contributed by atoms with Crippen molar-refractivity contribution in [1.82, 2.24) is 0 Å². The van der Waals surface area contributed by atoms with Gasteiger partial charge in [-0.3, -0.25) is 9.59 Å². The predicted octanol–water partition coefficient (Wildman–Crippen LogP) is 4.08. The third-order valence-corrected chi connectivity index (χ3v) is 5.92. The minimum atomic E-state index is -1.14. The van der Waals surface area contributed by atoms with Gasteiger partial charge in [-0.15, -0.1) is 0 Å². The number of phenolic OH excluding ortho intramolecular Hbond substituents is 1. The molecule has 4 aromatic rings. The Labute approximate surface area is 204 Å². The number of rotatable bonds is 6. The van der Waals surface area contributed by atoms with Gasteiger partial charge in [0.2, 0.25) is 0 Å². The number of ether oxygens (including phenoxy) is 3. The van der Waals surface area contributed by atoms with Crippen LogP contribution in [-0.2, 0) is 9.59 Å². The molecule has 0 spiro atoms. The van der Waals surface area contributed by atoms with E-state index in [-0.39, 0.29) is 40.4 Å². The van der Waals surface area contributed by atoms with Crippen molar-refractivity contribution < 1.29 is 38.4 Å². The SMILES string of the molecule is COc1cc([C@@H]2CC(=O)Oc3cc(O)c4c(=O)cc(-c5ccccc5)oc4c32)ccc1OCC(=O)O. The molecule has 182 valence electrons. The molecule has 1 aliphatic heterocycles. The summed E-state index contributed by atoms with van der Waals surface area (Å²) in [5.74, 6) is -1.77. The Morgan fingerprint density at radius 1 is 1.06 bits per heavy atom. The monoisotopic (exact) mass is 488 g/mol. The molecule has 0 saturated heterocycles. The van der Waals surface area contributed by atoms with E-state index in [0.717, 1.165) is 0 Å². The van der Waals surface area contributed by atoms with Crippen LogP contribution in [0.5, 0.6) is 23.0 Å². The Morgan fingerprint density at radius 3 is 2.56 bits per heavy atom. The number of carbonyl (C=O) groups excluding carboxylic acids is 1. The zero-order chi connectivity index (χ0) is 25.4. The van der Waals surface area contributed by atoms with E-state index in [0.29, 0.717) is 22.5 Å². The fourth-order valence-corrected chi connectivity index (χ4v) is 4.35. The molecule has 0 unspecified atom stereocenters. The second-order valence-electron chi connectivity index (χ2n) is 8.18. The lowest BCUT2D eigenvalue weighted by atomic mass is 9.85. The largest absolute Gasteiger partial charge is 0.507 e. The van der Waals surface area contributed by atoms with Crippen molar-refractivity contribution >= 4 is 22.9 Å². The zero-order valence-electron chi connectivity index (χ0n) is 19.0. The summed E-state index contributed by atoms with van der Waals surface area (Å²) in [6.45, 7) is -0.550. The Kier molecular flexibility index (Phi) is 5.81. The van der Waals surface area contributed by atoms with E-state index in [4.69, 9.17) is 23.7 Å². The normalized spacial score (nSPS) is 14.7. The molecule has 1 aliphatic rings. The lowest BCUT2D eigenvalue weighted by molar-refractivity contribution is -0.139. The number of carboxylic acids is 1. The molecule has 2 heterocycles. The number of aliphatic carboxylic acids is 1. The summed E-state index contributed by atoms with van der Waals surface area (Å²) >= 11 is 0. The second kappa shape index (κ2) is 9.10. The third kappa shape index (κ3) is 4.11. The molecule has 0 fully saturated rings. The van der Waals surface area contributed by atoms with E-state index >= 15 is 0 Å². The molecule has 0 radical (unpaired) electrons. The molecule has 5 rings (SSSR count). The molecular formula is C27H20O9. The maximum atomic E-state index is 13.0. The third-order valence-electron chi connectivity index (χ3n) is 5.92. The maximum absolute atomic E-state index is 13.0. The van der Waals surface area contributed by atoms with Gasteiger partial charge in [-0.2, -0.15) is 0 Å². The van der Waals surface area contributed by atoms with Gasteiger partial charge in [0, 0.05) is 29.2 Å². The molecule has 0 saturated carbocycles. The van der Waals surface area contributed by atoms with Crippen LogP contribution in [-0.4, -0.2) is 35.9 Å². The first-order valence-electron chi connectivity index (χ1n) is 11.0. The molecule has 0 aliphatic carbocycles. The molecule has 9 heteroatoms. The Bertz CT molecular complexity index is 1550. The number of hydrogen-bond donors (Lipinski definition) is 2. The average Bonchev–Trinajstić information content (AvgIpc) is 2.86. The van der Waals surface area contributed by atoms with Gasteiger partial charge in [0.1, 0.15) is 28.2 Å². The molecule has 1 atom stereocenters. The van der Waals surface area contributed by atoms with E-state index in [9.17, 15) is 19.5 Å². The summed E-state index contributed by atoms with van der Waals surface area (Å²) in [6.07, 6.45) is -0.0648. The van der Waals surface area contributed by atoms with Gasteiger partial charge in [0.05, 0.1) is 13.5 Å². The summed E-state index contributed by atoms with van der Waals surface area (Å²) < 4.78 is 22.2. The highest BCUT2D eigenvalue weighted by Gasteiger charge is 2.34. The molecule has 0 amide bonds. The van der Waals surface area contributed by atoms with Crippen LogP contribution in [0.2, 0.25) is 0 Å². The topological polar surface area (TPSA) is 132 Å².